The summed E-state index contributed by atoms with van der Waals surface area (Å²) < 4.78 is 0. The molecular formula is C8H14NO3. The van der Waals surface area contributed by atoms with Crippen LogP contribution in [0.4, 0.5) is 0 Å². The van der Waals surface area contributed by atoms with Crippen LogP contribution in [0, 0.1) is 0 Å². The molecule has 1 radical (unpaired) electrons. The predicted octanol–water partition coefficient (Wildman–Crippen LogP) is 0.942. The van der Waals surface area contributed by atoms with E-state index in [0.717, 1.165) is 25.7 Å². The van der Waals surface area contributed by atoms with Gasteiger partial charge in [0.25, 0.3) is 0 Å². The molecule has 4 nitrogen and oxygen atoms in total. The van der Waals surface area contributed by atoms with Crippen molar-refractivity contribution in [3.63, 3.8) is 0 Å². The van der Waals surface area contributed by atoms with E-state index in [0.29, 0.717) is 12.8 Å². The fourth-order valence-electron chi connectivity index (χ4n) is 0.892. The van der Waals surface area contributed by atoms with E-state index in [1.165, 1.54) is 0 Å². The number of amides is 1. The average molecular weight is 172 g/mol. The van der Waals surface area contributed by atoms with Crippen LogP contribution in [0.5, 0.6) is 0 Å². The number of carbonyl (C=O) groups excluding carboxylic acids is 2. The number of rotatable bonds is 7. The molecular weight excluding hydrogens is 158 g/mol. The van der Waals surface area contributed by atoms with Crippen molar-refractivity contribution in [2.75, 3.05) is 0 Å². The molecule has 0 saturated heterocycles. The van der Waals surface area contributed by atoms with E-state index < -0.39 is 0 Å². The zero-order valence-electron chi connectivity index (χ0n) is 7.01. The van der Waals surface area contributed by atoms with E-state index in [9.17, 15) is 9.59 Å². The van der Waals surface area contributed by atoms with Gasteiger partial charge in [-0.2, -0.15) is 0 Å². The highest BCUT2D eigenvalue weighted by Crippen LogP contribution is 2.03. The first-order valence-electron chi connectivity index (χ1n) is 4.09. The predicted molar refractivity (Wildman–Crippen MR) is 43.3 cm³/mol. The second-order valence-corrected chi connectivity index (χ2v) is 2.59. The highest BCUT2D eigenvalue weighted by molar-refractivity contribution is 5.74. The lowest BCUT2D eigenvalue weighted by Gasteiger charge is -1.97. The summed E-state index contributed by atoms with van der Waals surface area (Å²) in [5.74, 6) is -0.350. The van der Waals surface area contributed by atoms with Crippen molar-refractivity contribution in [3.05, 3.63) is 0 Å². The maximum Gasteiger partial charge on any atom is 0.243 e. The monoisotopic (exact) mass is 172 g/mol. The Morgan fingerprint density at radius 3 is 2.50 bits per heavy atom. The fourth-order valence-corrected chi connectivity index (χ4v) is 0.892. The van der Waals surface area contributed by atoms with Crippen LogP contribution >= 0.6 is 0 Å². The fraction of sp³-hybridized carbons (Fsp3) is 0.750. The number of hydrogen-bond acceptors (Lipinski definition) is 3. The molecule has 12 heavy (non-hydrogen) atoms. The first-order valence-corrected chi connectivity index (χ1v) is 4.09. The minimum absolute atomic E-state index is 0.349. The van der Waals surface area contributed by atoms with Crippen LogP contribution < -0.4 is 5.48 Å². The summed E-state index contributed by atoms with van der Waals surface area (Å²) in [5.41, 5.74) is 1.57. The van der Waals surface area contributed by atoms with E-state index in [1.807, 2.05) is 6.29 Å². The Labute approximate surface area is 71.9 Å². The highest BCUT2D eigenvalue weighted by atomic mass is 16.5. The van der Waals surface area contributed by atoms with Gasteiger partial charge in [0.2, 0.25) is 5.91 Å². The van der Waals surface area contributed by atoms with Crippen LogP contribution in [0.15, 0.2) is 0 Å². The summed E-state index contributed by atoms with van der Waals surface area (Å²) >= 11 is 0. The number of unbranched alkanes of at least 4 members (excludes halogenated alkanes) is 4. The van der Waals surface area contributed by atoms with Gasteiger partial charge in [-0.15, -0.1) is 0 Å². The minimum Gasteiger partial charge on any atom is -0.291 e. The third-order valence-corrected chi connectivity index (χ3v) is 1.56. The van der Waals surface area contributed by atoms with E-state index >= 15 is 0 Å². The Hall–Kier alpha value is -0.900. The van der Waals surface area contributed by atoms with Gasteiger partial charge in [0, 0.05) is 12.8 Å². The van der Waals surface area contributed by atoms with Crippen molar-refractivity contribution in [1.82, 2.24) is 5.48 Å². The number of hydrogen-bond donors (Lipinski definition) is 2. The molecule has 0 aromatic heterocycles. The first-order chi connectivity index (χ1) is 5.81. The molecule has 4 heteroatoms. The number of nitrogens with one attached hydrogen (secondary N) is 1. The summed E-state index contributed by atoms with van der Waals surface area (Å²) in [7, 11) is 0. The number of carbonyl (C=O) groups is 1. The molecule has 0 aliphatic heterocycles. The van der Waals surface area contributed by atoms with Gasteiger partial charge in [-0.3, -0.25) is 14.8 Å². The lowest BCUT2D eigenvalue weighted by atomic mass is 10.1. The van der Waals surface area contributed by atoms with Gasteiger partial charge in [-0.05, 0) is 12.8 Å². The lowest BCUT2D eigenvalue weighted by molar-refractivity contribution is -0.129. The zero-order chi connectivity index (χ0) is 9.23. The molecule has 0 aliphatic rings. The van der Waals surface area contributed by atoms with Gasteiger partial charge >= 0.3 is 0 Å². The largest absolute Gasteiger partial charge is 0.291 e. The van der Waals surface area contributed by atoms with E-state index in [2.05, 4.69) is 0 Å². The Kier molecular flexibility index (Phi) is 7.58. The van der Waals surface area contributed by atoms with Crippen molar-refractivity contribution in [2.24, 2.45) is 0 Å². The quantitative estimate of drug-likeness (QED) is 0.341. The molecule has 0 aromatic carbocycles. The Balaban J connectivity index is 3.00. The second-order valence-electron chi connectivity index (χ2n) is 2.59. The molecule has 0 heterocycles. The molecule has 0 aliphatic carbocycles. The molecule has 69 valence electrons. The third-order valence-electron chi connectivity index (χ3n) is 1.56. The summed E-state index contributed by atoms with van der Waals surface area (Å²) in [6.45, 7) is 0. The summed E-state index contributed by atoms with van der Waals surface area (Å²) in [6, 6.07) is 0. The van der Waals surface area contributed by atoms with Crippen molar-refractivity contribution in [2.45, 2.75) is 38.5 Å². The van der Waals surface area contributed by atoms with Gasteiger partial charge in [0.15, 0.2) is 6.29 Å². The SMILES string of the molecule is O=[C]CCCCCCC(=O)NO. The summed E-state index contributed by atoms with van der Waals surface area (Å²) in [6.07, 6.45) is 6.08. The van der Waals surface area contributed by atoms with Crippen LogP contribution in [0.2, 0.25) is 0 Å². The van der Waals surface area contributed by atoms with Crippen LogP contribution in [0.3, 0.4) is 0 Å². The van der Waals surface area contributed by atoms with Crippen LogP contribution in [0.25, 0.3) is 0 Å². The van der Waals surface area contributed by atoms with Gasteiger partial charge in [0.1, 0.15) is 0 Å². The second kappa shape index (κ2) is 8.20. The number of hydroxylamine groups is 1. The van der Waals surface area contributed by atoms with Crippen molar-refractivity contribution >= 4 is 12.2 Å². The highest BCUT2D eigenvalue weighted by Gasteiger charge is 1.97. The van der Waals surface area contributed by atoms with Crippen molar-refractivity contribution < 1.29 is 14.8 Å². The van der Waals surface area contributed by atoms with Crippen LogP contribution in [-0.2, 0) is 9.59 Å². The molecule has 0 unspecified atom stereocenters. The van der Waals surface area contributed by atoms with Crippen LogP contribution in [0.1, 0.15) is 38.5 Å². The molecule has 1 amide bonds. The standard InChI is InChI=1S/C8H14NO3/c10-7-5-3-1-2-4-6-8(11)9-12/h12H,1-6H2,(H,9,11). The third kappa shape index (κ3) is 7.21. The lowest BCUT2D eigenvalue weighted by Crippen LogP contribution is -2.17. The maximum absolute atomic E-state index is 10.5. The van der Waals surface area contributed by atoms with Gasteiger partial charge < -0.3 is 0 Å². The molecule has 2 N–H and O–H groups in total. The van der Waals surface area contributed by atoms with Gasteiger partial charge in [-0.25, -0.2) is 5.48 Å². The smallest absolute Gasteiger partial charge is 0.243 e. The first kappa shape index (κ1) is 11.1. The summed E-state index contributed by atoms with van der Waals surface area (Å²) in [5, 5.41) is 8.12. The van der Waals surface area contributed by atoms with E-state index in [4.69, 9.17) is 5.21 Å². The Bertz CT molecular complexity index is 136. The topological polar surface area (TPSA) is 66.4 Å². The molecule has 0 spiro atoms. The summed E-state index contributed by atoms with van der Waals surface area (Å²) in [4.78, 5) is 20.2. The van der Waals surface area contributed by atoms with Crippen molar-refractivity contribution in [1.29, 1.82) is 0 Å². The molecule has 0 rings (SSSR count). The van der Waals surface area contributed by atoms with Crippen LogP contribution in [-0.4, -0.2) is 17.4 Å². The zero-order valence-corrected chi connectivity index (χ0v) is 7.01. The minimum atomic E-state index is -0.350. The Morgan fingerprint density at radius 2 is 1.92 bits per heavy atom. The molecule has 0 atom stereocenters. The maximum atomic E-state index is 10.5. The van der Waals surface area contributed by atoms with Gasteiger partial charge in [-0.1, -0.05) is 12.8 Å². The Morgan fingerprint density at radius 1 is 1.25 bits per heavy atom. The molecule has 0 bridgehead atoms. The molecule has 0 aromatic rings. The molecule has 0 fully saturated rings. The normalized spacial score (nSPS) is 9.42. The molecule has 0 saturated carbocycles. The van der Waals surface area contributed by atoms with Crippen molar-refractivity contribution in [3.8, 4) is 0 Å². The van der Waals surface area contributed by atoms with E-state index in [-0.39, 0.29) is 5.91 Å². The average Bonchev–Trinajstić information content (AvgIpc) is 2.10. The van der Waals surface area contributed by atoms with Gasteiger partial charge in [0.05, 0.1) is 0 Å². The van der Waals surface area contributed by atoms with E-state index in [1.54, 1.807) is 5.48 Å².